The summed E-state index contributed by atoms with van der Waals surface area (Å²) in [6.07, 6.45) is 0. The van der Waals surface area contributed by atoms with Crippen molar-refractivity contribution in [3.8, 4) is 22.9 Å². The number of thiophene rings is 1. The van der Waals surface area contributed by atoms with E-state index >= 15 is 0 Å². The van der Waals surface area contributed by atoms with Crippen molar-refractivity contribution in [2.24, 2.45) is 0 Å². The number of rotatable bonds is 2. The Bertz CT molecular complexity index is 1110. The number of nitrogens with zero attached hydrogens (tertiary/aromatic N) is 5. The van der Waals surface area contributed by atoms with E-state index in [1.165, 1.54) is 11.3 Å². The predicted molar refractivity (Wildman–Crippen MR) is 110 cm³/mol. The molecule has 0 atom stereocenters. The molecule has 7 nitrogen and oxygen atoms in total. The van der Waals surface area contributed by atoms with Crippen molar-refractivity contribution in [2.75, 3.05) is 44.9 Å². The highest BCUT2D eigenvalue weighted by atomic mass is 32.1. The zero-order valence-electron chi connectivity index (χ0n) is 15.7. The summed E-state index contributed by atoms with van der Waals surface area (Å²) >= 11 is 1.44. The van der Waals surface area contributed by atoms with Crippen LogP contribution < -0.4 is 14.4 Å². The van der Waals surface area contributed by atoms with Crippen molar-refractivity contribution in [3.05, 3.63) is 35.2 Å². The van der Waals surface area contributed by atoms with Crippen molar-refractivity contribution in [1.82, 2.24) is 14.9 Å². The van der Waals surface area contributed by atoms with E-state index in [1.807, 2.05) is 25.1 Å². The van der Waals surface area contributed by atoms with E-state index in [2.05, 4.69) is 21.7 Å². The van der Waals surface area contributed by atoms with E-state index in [1.54, 1.807) is 0 Å². The Kier molecular flexibility index (Phi) is 4.07. The Labute approximate surface area is 167 Å². The van der Waals surface area contributed by atoms with E-state index in [-0.39, 0.29) is 6.79 Å². The average molecular weight is 393 g/mol. The molecule has 1 aromatic carbocycles. The third-order valence-electron chi connectivity index (χ3n) is 5.28. The highest BCUT2D eigenvalue weighted by Crippen LogP contribution is 2.42. The minimum absolute atomic E-state index is 0.240. The molecule has 5 rings (SSSR count). The lowest BCUT2D eigenvalue weighted by Gasteiger charge is -2.33. The number of aromatic nitrogens is 2. The SMILES string of the molecule is [C-]#[N+]c1sc2nc(-c3ccc4c(c3)OCO4)nc(N3CCN(C)CC3)c2c1C. The summed E-state index contributed by atoms with van der Waals surface area (Å²) in [4.78, 5) is 18.9. The van der Waals surface area contributed by atoms with Crippen LogP contribution >= 0.6 is 11.3 Å². The Morgan fingerprint density at radius 1 is 1.11 bits per heavy atom. The largest absolute Gasteiger partial charge is 0.454 e. The van der Waals surface area contributed by atoms with Gasteiger partial charge < -0.3 is 19.3 Å². The molecule has 0 radical (unpaired) electrons. The number of ether oxygens (including phenoxy) is 2. The molecule has 142 valence electrons. The second-order valence-corrected chi connectivity index (χ2v) is 8.03. The number of anilines is 1. The number of piperazine rings is 1. The van der Waals surface area contributed by atoms with Crippen molar-refractivity contribution in [1.29, 1.82) is 0 Å². The number of benzene rings is 1. The normalized spacial score (nSPS) is 16.5. The number of hydrogen-bond donors (Lipinski definition) is 0. The molecule has 8 heteroatoms. The highest BCUT2D eigenvalue weighted by molar-refractivity contribution is 7.22. The van der Waals surface area contributed by atoms with E-state index < -0.39 is 0 Å². The van der Waals surface area contributed by atoms with Crippen molar-refractivity contribution < 1.29 is 9.47 Å². The van der Waals surface area contributed by atoms with Gasteiger partial charge in [-0.2, -0.15) is 0 Å². The molecule has 28 heavy (non-hydrogen) atoms. The van der Waals surface area contributed by atoms with Gasteiger partial charge in [0.15, 0.2) is 17.3 Å². The molecule has 0 amide bonds. The first-order valence-corrected chi connectivity index (χ1v) is 9.98. The first kappa shape index (κ1) is 17.2. The third kappa shape index (κ3) is 2.75. The summed E-state index contributed by atoms with van der Waals surface area (Å²) < 4.78 is 10.9. The van der Waals surface area contributed by atoms with Crippen LogP contribution in [0.2, 0.25) is 0 Å². The van der Waals surface area contributed by atoms with Gasteiger partial charge in [-0.25, -0.2) is 14.8 Å². The molecular formula is C20H19N5O2S. The van der Waals surface area contributed by atoms with E-state index in [4.69, 9.17) is 26.0 Å². The van der Waals surface area contributed by atoms with Crippen LogP contribution in [0, 0.1) is 13.5 Å². The van der Waals surface area contributed by atoms with Gasteiger partial charge in [0.05, 0.1) is 6.57 Å². The first-order chi connectivity index (χ1) is 13.6. The number of fused-ring (bicyclic) bond motifs is 2. The molecule has 1 fully saturated rings. The van der Waals surface area contributed by atoms with E-state index in [0.29, 0.717) is 16.6 Å². The second kappa shape index (κ2) is 6.62. The van der Waals surface area contributed by atoms with Gasteiger partial charge in [0, 0.05) is 37.1 Å². The second-order valence-electron chi connectivity index (χ2n) is 7.05. The summed E-state index contributed by atoms with van der Waals surface area (Å²) in [6.45, 7) is 13.5. The lowest BCUT2D eigenvalue weighted by molar-refractivity contribution is 0.174. The summed E-state index contributed by atoms with van der Waals surface area (Å²) in [5.41, 5.74) is 1.86. The van der Waals surface area contributed by atoms with E-state index in [0.717, 1.165) is 59.1 Å². The van der Waals surface area contributed by atoms with Gasteiger partial charge in [0.2, 0.25) is 11.8 Å². The van der Waals surface area contributed by atoms with Crippen molar-refractivity contribution >= 4 is 32.4 Å². The van der Waals surface area contributed by atoms with Crippen LogP contribution in [0.25, 0.3) is 26.4 Å². The maximum Gasteiger partial charge on any atom is 0.246 e. The fraction of sp³-hybridized carbons (Fsp3) is 0.350. The van der Waals surface area contributed by atoms with Crippen molar-refractivity contribution in [3.63, 3.8) is 0 Å². The zero-order valence-corrected chi connectivity index (χ0v) is 16.5. The van der Waals surface area contributed by atoms with Crippen LogP contribution in [0.1, 0.15) is 5.56 Å². The smallest absolute Gasteiger partial charge is 0.246 e. The molecule has 2 aliphatic heterocycles. The predicted octanol–water partition coefficient (Wildman–Crippen LogP) is 3.70. The fourth-order valence-corrected chi connectivity index (χ4v) is 4.59. The van der Waals surface area contributed by atoms with E-state index in [9.17, 15) is 0 Å². The van der Waals surface area contributed by atoms with Gasteiger partial charge >= 0.3 is 0 Å². The number of hydrogen-bond acceptors (Lipinski definition) is 7. The molecular weight excluding hydrogens is 374 g/mol. The Morgan fingerprint density at radius 2 is 1.89 bits per heavy atom. The molecule has 0 unspecified atom stereocenters. The molecule has 0 bridgehead atoms. The topological polar surface area (TPSA) is 55.1 Å². The van der Waals surface area contributed by atoms with Crippen LogP contribution in [0.15, 0.2) is 18.2 Å². The summed E-state index contributed by atoms with van der Waals surface area (Å²) in [6, 6.07) is 5.77. The molecule has 0 spiro atoms. The molecule has 0 saturated carbocycles. The number of likely N-dealkylation sites (N-methyl/N-ethyl adjacent to an activating group) is 1. The summed E-state index contributed by atoms with van der Waals surface area (Å²) in [5.74, 6) is 3.03. The van der Waals surface area contributed by atoms with Gasteiger partial charge in [-0.1, -0.05) is 0 Å². The monoisotopic (exact) mass is 393 g/mol. The molecule has 0 aliphatic carbocycles. The van der Waals surface area contributed by atoms with Gasteiger partial charge in [-0.15, -0.1) is 11.3 Å². The lowest BCUT2D eigenvalue weighted by atomic mass is 10.1. The summed E-state index contributed by atoms with van der Waals surface area (Å²) in [7, 11) is 2.14. The number of aryl methyl sites for hydroxylation is 1. The zero-order chi connectivity index (χ0) is 19.3. The first-order valence-electron chi connectivity index (χ1n) is 9.16. The lowest BCUT2D eigenvalue weighted by Crippen LogP contribution is -2.45. The Morgan fingerprint density at radius 3 is 2.68 bits per heavy atom. The fourth-order valence-electron chi connectivity index (χ4n) is 3.62. The van der Waals surface area contributed by atoms with Gasteiger partial charge in [-0.3, -0.25) is 0 Å². The highest BCUT2D eigenvalue weighted by Gasteiger charge is 2.24. The van der Waals surface area contributed by atoms with Gasteiger partial charge in [0.25, 0.3) is 0 Å². The van der Waals surface area contributed by atoms with Gasteiger partial charge in [-0.05, 0) is 37.7 Å². The van der Waals surface area contributed by atoms with Crippen LogP contribution in [0.3, 0.4) is 0 Å². The molecule has 0 N–H and O–H groups in total. The van der Waals surface area contributed by atoms with Crippen LogP contribution in [0.4, 0.5) is 10.8 Å². The minimum Gasteiger partial charge on any atom is -0.454 e. The average Bonchev–Trinajstić information content (AvgIpc) is 3.31. The van der Waals surface area contributed by atoms with Gasteiger partial charge in [0.1, 0.15) is 10.6 Å². The standard InChI is InChI=1S/C20H19N5O2S/c1-12-16-18(25-8-6-24(3)7-9-25)22-17(23-20(16)28-19(12)21-2)13-4-5-14-15(10-13)27-11-26-14/h4-5,10H,6-9,11H2,1,3H3. The molecule has 3 aromatic rings. The maximum absolute atomic E-state index is 7.50. The molecule has 2 aliphatic rings. The molecule has 2 aromatic heterocycles. The molecule has 1 saturated heterocycles. The van der Waals surface area contributed by atoms with Crippen LogP contribution in [0.5, 0.6) is 11.5 Å². The Hall–Kier alpha value is -2.89. The third-order valence-corrected chi connectivity index (χ3v) is 6.36. The minimum atomic E-state index is 0.240. The Balaban J connectivity index is 1.68. The van der Waals surface area contributed by atoms with Crippen molar-refractivity contribution in [2.45, 2.75) is 6.92 Å². The molecule has 4 heterocycles. The van der Waals surface area contributed by atoms with Crippen LogP contribution in [-0.2, 0) is 0 Å². The van der Waals surface area contributed by atoms with Crippen LogP contribution in [-0.4, -0.2) is 54.9 Å². The maximum atomic E-state index is 7.50. The summed E-state index contributed by atoms with van der Waals surface area (Å²) in [5, 5.41) is 1.69. The quantitative estimate of drug-likeness (QED) is 0.619.